The number of halogens is 1. The molecule has 0 bridgehead atoms. The van der Waals surface area contributed by atoms with E-state index in [1.807, 2.05) is 6.92 Å². The molecule has 1 aromatic rings. The first kappa shape index (κ1) is 14.5. The predicted molar refractivity (Wildman–Crippen MR) is 73.1 cm³/mol. The lowest BCUT2D eigenvalue weighted by atomic mass is 10.2. The lowest BCUT2D eigenvalue weighted by molar-refractivity contribution is -0.123. The van der Waals surface area contributed by atoms with E-state index in [4.69, 9.17) is 0 Å². The molecule has 1 saturated carbocycles. The molecule has 2 amide bonds. The van der Waals surface area contributed by atoms with Crippen molar-refractivity contribution < 1.29 is 14.0 Å². The highest BCUT2D eigenvalue weighted by Crippen LogP contribution is 2.37. The summed E-state index contributed by atoms with van der Waals surface area (Å²) in [4.78, 5) is 23.1. The third kappa shape index (κ3) is 4.33. The standard InChI is InChI=1S/C15H19FN2O2/c1-10-8-13(10)15(20)17-7-6-14(19)18-9-11-2-4-12(16)5-3-11/h2-5,10,13H,6-9H2,1H3,(H,17,20)(H,18,19). The Hall–Kier alpha value is -1.91. The van der Waals surface area contributed by atoms with Gasteiger partial charge in [0.05, 0.1) is 0 Å². The highest BCUT2D eigenvalue weighted by Gasteiger charge is 2.38. The summed E-state index contributed by atoms with van der Waals surface area (Å²) in [5.41, 5.74) is 0.843. The number of hydrogen-bond donors (Lipinski definition) is 2. The van der Waals surface area contributed by atoms with Crippen LogP contribution in [0.2, 0.25) is 0 Å². The number of amides is 2. The molecule has 0 heterocycles. The highest BCUT2D eigenvalue weighted by atomic mass is 19.1. The molecule has 2 unspecified atom stereocenters. The lowest BCUT2D eigenvalue weighted by Crippen LogP contribution is -2.31. The molecule has 2 atom stereocenters. The van der Waals surface area contributed by atoms with Crippen LogP contribution < -0.4 is 10.6 Å². The first-order valence-electron chi connectivity index (χ1n) is 6.85. The van der Waals surface area contributed by atoms with Crippen LogP contribution in [0.3, 0.4) is 0 Å². The number of rotatable bonds is 6. The molecule has 1 fully saturated rings. The van der Waals surface area contributed by atoms with Crippen molar-refractivity contribution in [1.29, 1.82) is 0 Å². The van der Waals surface area contributed by atoms with Crippen LogP contribution in [0.1, 0.15) is 25.3 Å². The SMILES string of the molecule is CC1CC1C(=O)NCCC(=O)NCc1ccc(F)cc1. The van der Waals surface area contributed by atoms with Crippen molar-refractivity contribution in [3.8, 4) is 0 Å². The molecule has 5 heteroatoms. The van der Waals surface area contributed by atoms with E-state index in [9.17, 15) is 14.0 Å². The van der Waals surface area contributed by atoms with E-state index in [-0.39, 0.29) is 30.0 Å². The fourth-order valence-corrected chi connectivity index (χ4v) is 2.01. The van der Waals surface area contributed by atoms with Crippen molar-refractivity contribution in [1.82, 2.24) is 10.6 Å². The zero-order valence-corrected chi connectivity index (χ0v) is 11.5. The maximum atomic E-state index is 12.7. The normalized spacial score (nSPS) is 20.3. The van der Waals surface area contributed by atoms with Gasteiger partial charge in [-0.1, -0.05) is 19.1 Å². The first-order chi connectivity index (χ1) is 9.56. The predicted octanol–water partition coefficient (Wildman–Crippen LogP) is 1.60. The van der Waals surface area contributed by atoms with Gasteiger partial charge in [-0.15, -0.1) is 0 Å². The molecule has 1 aliphatic carbocycles. The minimum absolute atomic E-state index is 0.0452. The topological polar surface area (TPSA) is 58.2 Å². The molecular weight excluding hydrogens is 259 g/mol. The molecule has 2 N–H and O–H groups in total. The van der Waals surface area contributed by atoms with Gasteiger partial charge in [0.1, 0.15) is 5.82 Å². The zero-order chi connectivity index (χ0) is 14.5. The summed E-state index contributed by atoms with van der Waals surface area (Å²) >= 11 is 0. The summed E-state index contributed by atoms with van der Waals surface area (Å²) in [6, 6.07) is 5.98. The zero-order valence-electron chi connectivity index (χ0n) is 11.5. The number of carbonyl (C=O) groups excluding carboxylic acids is 2. The van der Waals surface area contributed by atoms with Gasteiger partial charge in [0.15, 0.2) is 0 Å². The molecular formula is C15H19FN2O2. The summed E-state index contributed by atoms with van der Waals surface area (Å²) in [5.74, 6) is 0.235. The Balaban J connectivity index is 1.60. The number of hydrogen-bond acceptors (Lipinski definition) is 2. The van der Waals surface area contributed by atoms with Crippen LogP contribution in [0.4, 0.5) is 4.39 Å². The second kappa shape index (κ2) is 6.50. The Kier molecular flexibility index (Phi) is 4.71. The van der Waals surface area contributed by atoms with E-state index in [0.717, 1.165) is 12.0 Å². The minimum Gasteiger partial charge on any atom is -0.355 e. The molecule has 1 aliphatic rings. The van der Waals surface area contributed by atoms with Crippen LogP contribution in [0.25, 0.3) is 0 Å². The van der Waals surface area contributed by atoms with Crippen molar-refractivity contribution in [2.75, 3.05) is 6.54 Å². The highest BCUT2D eigenvalue weighted by molar-refractivity contribution is 5.82. The van der Waals surface area contributed by atoms with Gasteiger partial charge in [0.25, 0.3) is 0 Å². The molecule has 0 aromatic heterocycles. The number of benzene rings is 1. The summed E-state index contributed by atoms with van der Waals surface area (Å²) in [7, 11) is 0. The van der Waals surface area contributed by atoms with Crippen LogP contribution in [0, 0.1) is 17.7 Å². The van der Waals surface area contributed by atoms with Crippen molar-refractivity contribution in [3.05, 3.63) is 35.6 Å². The summed E-state index contributed by atoms with van der Waals surface area (Å²) in [6.07, 6.45) is 1.20. The fraction of sp³-hybridized carbons (Fsp3) is 0.467. The number of nitrogens with one attached hydrogen (secondary N) is 2. The Morgan fingerprint density at radius 2 is 1.90 bits per heavy atom. The molecule has 0 spiro atoms. The van der Waals surface area contributed by atoms with Crippen molar-refractivity contribution in [2.24, 2.45) is 11.8 Å². The van der Waals surface area contributed by atoms with Gasteiger partial charge in [0.2, 0.25) is 11.8 Å². The lowest BCUT2D eigenvalue weighted by Gasteiger charge is -2.06. The molecule has 0 aliphatic heterocycles. The Labute approximate surface area is 117 Å². The maximum Gasteiger partial charge on any atom is 0.223 e. The van der Waals surface area contributed by atoms with Crippen LogP contribution >= 0.6 is 0 Å². The van der Waals surface area contributed by atoms with E-state index < -0.39 is 0 Å². The van der Waals surface area contributed by atoms with E-state index in [1.165, 1.54) is 12.1 Å². The third-order valence-electron chi connectivity index (χ3n) is 3.50. The van der Waals surface area contributed by atoms with Gasteiger partial charge in [-0.05, 0) is 30.0 Å². The van der Waals surface area contributed by atoms with Gasteiger partial charge >= 0.3 is 0 Å². The van der Waals surface area contributed by atoms with Gasteiger partial charge < -0.3 is 10.6 Å². The largest absolute Gasteiger partial charge is 0.355 e. The van der Waals surface area contributed by atoms with Crippen molar-refractivity contribution in [2.45, 2.75) is 26.3 Å². The average Bonchev–Trinajstić information content (AvgIpc) is 3.15. The summed E-state index contributed by atoms with van der Waals surface area (Å²) in [6.45, 7) is 2.77. The van der Waals surface area contributed by atoms with Gasteiger partial charge in [-0.25, -0.2) is 4.39 Å². The second-order valence-corrected chi connectivity index (χ2v) is 5.26. The summed E-state index contributed by atoms with van der Waals surface area (Å²) in [5, 5.41) is 5.50. The first-order valence-corrected chi connectivity index (χ1v) is 6.85. The minimum atomic E-state index is -0.294. The Morgan fingerprint density at radius 3 is 2.50 bits per heavy atom. The van der Waals surface area contributed by atoms with Gasteiger partial charge in [-0.3, -0.25) is 9.59 Å². The van der Waals surface area contributed by atoms with E-state index in [1.54, 1.807) is 12.1 Å². The maximum absolute atomic E-state index is 12.7. The monoisotopic (exact) mass is 278 g/mol. The van der Waals surface area contributed by atoms with E-state index in [0.29, 0.717) is 19.0 Å². The van der Waals surface area contributed by atoms with Crippen LogP contribution in [-0.4, -0.2) is 18.4 Å². The average molecular weight is 278 g/mol. The van der Waals surface area contributed by atoms with Crippen LogP contribution in [0.5, 0.6) is 0 Å². The van der Waals surface area contributed by atoms with Crippen molar-refractivity contribution in [3.63, 3.8) is 0 Å². The summed E-state index contributed by atoms with van der Waals surface area (Å²) < 4.78 is 12.7. The number of carbonyl (C=O) groups is 2. The quantitative estimate of drug-likeness (QED) is 0.830. The van der Waals surface area contributed by atoms with Crippen LogP contribution in [-0.2, 0) is 16.1 Å². The molecule has 1 aromatic carbocycles. The molecule has 4 nitrogen and oxygen atoms in total. The molecule has 20 heavy (non-hydrogen) atoms. The van der Waals surface area contributed by atoms with Crippen molar-refractivity contribution >= 4 is 11.8 Å². The van der Waals surface area contributed by atoms with Gasteiger partial charge in [0, 0.05) is 25.4 Å². The smallest absolute Gasteiger partial charge is 0.223 e. The molecule has 108 valence electrons. The van der Waals surface area contributed by atoms with E-state index in [2.05, 4.69) is 10.6 Å². The molecule has 0 radical (unpaired) electrons. The third-order valence-corrected chi connectivity index (χ3v) is 3.50. The molecule has 0 saturated heterocycles. The second-order valence-electron chi connectivity index (χ2n) is 5.26. The molecule has 2 rings (SSSR count). The van der Waals surface area contributed by atoms with Gasteiger partial charge in [-0.2, -0.15) is 0 Å². The Bertz CT molecular complexity index is 487. The Morgan fingerprint density at radius 1 is 1.25 bits per heavy atom. The van der Waals surface area contributed by atoms with Crippen LogP contribution in [0.15, 0.2) is 24.3 Å². The van der Waals surface area contributed by atoms with E-state index >= 15 is 0 Å². The fourth-order valence-electron chi connectivity index (χ4n) is 2.01.